The Morgan fingerprint density at radius 2 is 1.80 bits per heavy atom. The van der Waals surface area contributed by atoms with Gasteiger partial charge in [-0.1, -0.05) is 44.2 Å². The van der Waals surface area contributed by atoms with Crippen molar-refractivity contribution in [1.82, 2.24) is 30.1 Å². The first-order valence-electron chi connectivity index (χ1n) is 12.0. The molecule has 4 rings (SSSR count). The van der Waals surface area contributed by atoms with Crippen LogP contribution < -0.4 is 5.56 Å². The van der Waals surface area contributed by atoms with Gasteiger partial charge >= 0.3 is 0 Å². The SMILES string of the molecule is COCCn1nnnc1[C@@H](C(C)C)N(Cc1ccccc1)Cc1cc2cc(C)c(C)cc2[nH]c1=O. The largest absolute Gasteiger partial charge is 0.383 e. The maximum Gasteiger partial charge on any atom is 0.252 e. The molecule has 8 heteroatoms. The van der Waals surface area contributed by atoms with Gasteiger partial charge in [-0.15, -0.1) is 5.10 Å². The van der Waals surface area contributed by atoms with Crippen molar-refractivity contribution in [2.24, 2.45) is 5.92 Å². The maximum atomic E-state index is 13.2. The number of rotatable bonds is 10. The fourth-order valence-corrected chi connectivity index (χ4v) is 4.57. The van der Waals surface area contributed by atoms with E-state index in [0.717, 1.165) is 33.4 Å². The molecule has 0 bridgehead atoms. The summed E-state index contributed by atoms with van der Waals surface area (Å²) in [6.45, 7) is 10.7. The quantitative estimate of drug-likeness (QED) is 0.371. The Balaban J connectivity index is 1.76. The molecule has 0 saturated carbocycles. The number of ether oxygens (including phenoxy) is 1. The van der Waals surface area contributed by atoms with Gasteiger partial charge in [-0.2, -0.15) is 0 Å². The number of tetrazole rings is 1. The van der Waals surface area contributed by atoms with Crippen molar-refractivity contribution in [3.8, 4) is 0 Å². The van der Waals surface area contributed by atoms with E-state index in [2.05, 4.69) is 71.3 Å². The van der Waals surface area contributed by atoms with Crippen LogP contribution in [-0.2, 0) is 24.4 Å². The number of benzene rings is 2. The molecule has 2 aromatic heterocycles. The summed E-state index contributed by atoms with van der Waals surface area (Å²) in [6, 6.07) is 16.4. The van der Waals surface area contributed by atoms with E-state index in [1.807, 2.05) is 35.0 Å². The first-order valence-corrected chi connectivity index (χ1v) is 12.0. The van der Waals surface area contributed by atoms with E-state index in [1.165, 1.54) is 5.56 Å². The first-order chi connectivity index (χ1) is 16.9. The van der Waals surface area contributed by atoms with E-state index < -0.39 is 0 Å². The number of methoxy groups -OCH3 is 1. The van der Waals surface area contributed by atoms with Crippen LogP contribution in [0.4, 0.5) is 0 Å². The van der Waals surface area contributed by atoms with Crippen LogP contribution >= 0.6 is 0 Å². The number of nitrogens with zero attached hydrogens (tertiary/aromatic N) is 5. The van der Waals surface area contributed by atoms with Crippen molar-refractivity contribution < 1.29 is 4.74 Å². The second-order valence-electron chi connectivity index (χ2n) is 9.48. The van der Waals surface area contributed by atoms with Crippen LogP contribution in [0.3, 0.4) is 0 Å². The van der Waals surface area contributed by atoms with Crippen molar-refractivity contribution in [2.75, 3.05) is 13.7 Å². The zero-order valence-electron chi connectivity index (χ0n) is 21.2. The zero-order chi connectivity index (χ0) is 24.9. The van der Waals surface area contributed by atoms with Gasteiger partial charge in [0.05, 0.1) is 19.2 Å². The number of pyridine rings is 1. The van der Waals surface area contributed by atoms with Gasteiger partial charge in [0.2, 0.25) is 0 Å². The van der Waals surface area contributed by atoms with Gasteiger partial charge in [-0.05, 0) is 70.5 Å². The molecule has 0 spiro atoms. The lowest BCUT2D eigenvalue weighted by Crippen LogP contribution is -2.35. The number of aryl methyl sites for hydroxylation is 2. The first kappa shape index (κ1) is 24.8. The number of hydrogen-bond acceptors (Lipinski definition) is 6. The third-order valence-corrected chi connectivity index (χ3v) is 6.49. The molecule has 8 nitrogen and oxygen atoms in total. The molecule has 0 aliphatic rings. The Morgan fingerprint density at radius 3 is 2.51 bits per heavy atom. The summed E-state index contributed by atoms with van der Waals surface area (Å²) < 4.78 is 7.07. The van der Waals surface area contributed by atoms with Crippen LogP contribution in [0, 0.1) is 19.8 Å². The summed E-state index contributed by atoms with van der Waals surface area (Å²) in [6.07, 6.45) is 0. The molecule has 0 fully saturated rings. The molecule has 2 heterocycles. The highest BCUT2D eigenvalue weighted by Gasteiger charge is 2.30. The average molecular weight is 475 g/mol. The molecule has 1 N–H and O–H groups in total. The van der Waals surface area contributed by atoms with Crippen LogP contribution in [0.2, 0.25) is 0 Å². The van der Waals surface area contributed by atoms with Gasteiger partial charge in [-0.3, -0.25) is 9.69 Å². The normalized spacial score (nSPS) is 12.7. The number of nitrogens with one attached hydrogen (secondary N) is 1. The maximum absolute atomic E-state index is 13.2. The smallest absolute Gasteiger partial charge is 0.252 e. The van der Waals surface area contributed by atoms with Crippen molar-refractivity contribution in [3.63, 3.8) is 0 Å². The van der Waals surface area contributed by atoms with Crippen molar-refractivity contribution >= 4 is 10.9 Å². The minimum Gasteiger partial charge on any atom is -0.383 e. The molecule has 1 atom stereocenters. The third-order valence-electron chi connectivity index (χ3n) is 6.49. The number of H-pyrrole nitrogens is 1. The lowest BCUT2D eigenvalue weighted by atomic mass is 9.99. The summed E-state index contributed by atoms with van der Waals surface area (Å²) in [5.74, 6) is 0.979. The van der Waals surface area contributed by atoms with E-state index >= 15 is 0 Å². The van der Waals surface area contributed by atoms with Gasteiger partial charge in [0, 0.05) is 31.3 Å². The van der Waals surface area contributed by atoms with Crippen LogP contribution in [0.5, 0.6) is 0 Å². The molecule has 0 aliphatic heterocycles. The summed E-state index contributed by atoms with van der Waals surface area (Å²) in [5, 5.41) is 13.6. The fourth-order valence-electron chi connectivity index (χ4n) is 4.57. The van der Waals surface area contributed by atoms with Gasteiger partial charge in [0.1, 0.15) is 0 Å². The Hall–Kier alpha value is -3.36. The van der Waals surface area contributed by atoms with E-state index in [9.17, 15) is 4.79 Å². The van der Waals surface area contributed by atoms with Crippen LogP contribution in [0.15, 0.2) is 53.3 Å². The highest BCUT2D eigenvalue weighted by molar-refractivity contribution is 5.80. The van der Waals surface area contributed by atoms with Crippen molar-refractivity contribution in [1.29, 1.82) is 0 Å². The van der Waals surface area contributed by atoms with Crippen molar-refractivity contribution in [2.45, 2.75) is 53.4 Å². The highest BCUT2D eigenvalue weighted by atomic mass is 16.5. The summed E-state index contributed by atoms with van der Waals surface area (Å²) in [7, 11) is 1.67. The van der Waals surface area contributed by atoms with E-state index in [0.29, 0.717) is 26.2 Å². The molecule has 0 radical (unpaired) electrons. The molecular formula is C27H34N6O2. The predicted molar refractivity (Wildman–Crippen MR) is 137 cm³/mol. The number of aromatic amines is 1. The number of fused-ring (bicyclic) bond motifs is 1. The van der Waals surface area contributed by atoms with Crippen LogP contribution in [0.1, 0.15) is 48.0 Å². The summed E-state index contributed by atoms with van der Waals surface area (Å²) in [4.78, 5) is 18.6. The van der Waals surface area contributed by atoms with Crippen LogP contribution in [-0.4, -0.2) is 43.8 Å². The van der Waals surface area contributed by atoms with E-state index in [4.69, 9.17) is 4.74 Å². The van der Waals surface area contributed by atoms with Crippen molar-refractivity contribution in [3.05, 3.63) is 87.0 Å². The lowest BCUT2D eigenvalue weighted by Gasteiger charge is -2.33. The second kappa shape index (κ2) is 10.9. The Bertz CT molecular complexity index is 1330. The fraction of sp³-hybridized carbons (Fsp3) is 0.407. The zero-order valence-corrected chi connectivity index (χ0v) is 21.2. The average Bonchev–Trinajstić information content (AvgIpc) is 3.28. The topological polar surface area (TPSA) is 88.9 Å². The molecule has 0 amide bonds. The Morgan fingerprint density at radius 1 is 1.06 bits per heavy atom. The van der Waals surface area contributed by atoms with Gasteiger partial charge in [0.25, 0.3) is 5.56 Å². The van der Waals surface area contributed by atoms with Gasteiger partial charge in [-0.25, -0.2) is 4.68 Å². The highest BCUT2D eigenvalue weighted by Crippen LogP contribution is 2.30. The molecule has 0 aliphatic carbocycles. The number of hydrogen-bond donors (Lipinski definition) is 1. The molecule has 4 aromatic rings. The van der Waals surface area contributed by atoms with Gasteiger partial charge < -0.3 is 9.72 Å². The predicted octanol–water partition coefficient (Wildman–Crippen LogP) is 4.18. The molecule has 2 aromatic carbocycles. The van der Waals surface area contributed by atoms with E-state index in [-0.39, 0.29) is 17.5 Å². The standard InChI is InChI=1S/C27H34N6O2/c1-18(2)25(26-29-30-31-33(26)11-12-35-5)32(16-21-9-7-6-8-10-21)17-23-15-22-13-19(3)20(4)14-24(22)28-27(23)34/h6-10,13-15,18,25H,11-12,16-17H2,1-5H3,(H,28,34)/t25-/m1/s1. The monoisotopic (exact) mass is 474 g/mol. The minimum absolute atomic E-state index is 0.0692. The Labute approximate surface area is 205 Å². The summed E-state index contributed by atoms with van der Waals surface area (Å²) in [5.41, 5.74) is 5.04. The summed E-state index contributed by atoms with van der Waals surface area (Å²) >= 11 is 0. The van der Waals surface area contributed by atoms with E-state index in [1.54, 1.807) is 7.11 Å². The molecule has 0 saturated heterocycles. The molecule has 0 unspecified atom stereocenters. The third kappa shape index (κ3) is 5.66. The molecular weight excluding hydrogens is 440 g/mol. The minimum atomic E-state index is -0.100. The Kier molecular flexibility index (Phi) is 7.73. The molecule has 184 valence electrons. The molecule has 35 heavy (non-hydrogen) atoms. The van der Waals surface area contributed by atoms with Gasteiger partial charge in [0.15, 0.2) is 5.82 Å². The second-order valence-corrected chi connectivity index (χ2v) is 9.48. The number of aromatic nitrogens is 5. The van der Waals surface area contributed by atoms with Crippen LogP contribution in [0.25, 0.3) is 10.9 Å². The lowest BCUT2D eigenvalue weighted by molar-refractivity contribution is 0.121.